The fraction of sp³-hybridized carbons (Fsp3) is 0.400. The molecule has 7 nitrogen and oxygen atoms in total. The monoisotopic (exact) mass is 462 g/mol. The fourth-order valence-electron chi connectivity index (χ4n) is 3.78. The van der Waals surface area contributed by atoms with Gasteiger partial charge in [-0.2, -0.15) is 0 Å². The maximum absolute atomic E-state index is 9.71. The zero-order valence-corrected chi connectivity index (χ0v) is 20.8. The number of aliphatic hydroxyl groups excluding tert-OH is 1. The van der Waals surface area contributed by atoms with Gasteiger partial charge in [0.25, 0.3) is 0 Å². The number of hydrogen-bond donors (Lipinski definition) is 1. The minimum atomic E-state index is -1.59. The molecule has 1 aliphatic rings. The Balaban J connectivity index is 1.86. The molecular formula is C25H30N4O3Si. The SMILES string of the molecule is COc1ccc(-c2ccc3c(N4CCOCC4C)nc(C#C[Si](C)(C)C)nc3n2)cc1CO. The highest BCUT2D eigenvalue weighted by atomic mass is 28.3. The van der Waals surface area contributed by atoms with Crippen molar-refractivity contribution in [1.29, 1.82) is 0 Å². The standard InChI is InChI=1S/C25H30N4O3Si/c1-17-16-32-12-11-29(17)25-20-7-8-21(18-6-9-22(31-2)19(14-18)15-30)26-24(20)27-23(28-25)10-13-33(3,4)5/h6-9,14,17,30H,11-12,15-16H2,1-5H3. The third-order valence-electron chi connectivity index (χ3n) is 5.48. The number of fused-ring (bicyclic) bond motifs is 1. The minimum absolute atomic E-state index is 0.109. The molecule has 3 heterocycles. The van der Waals surface area contributed by atoms with Gasteiger partial charge in [0.1, 0.15) is 19.6 Å². The molecule has 1 atom stereocenters. The molecule has 3 aromatic rings. The summed E-state index contributed by atoms with van der Waals surface area (Å²) in [5, 5.41) is 10.6. The number of rotatable bonds is 4. The second-order valence-corrected chi connectivity index (χ2v) is 14.0. The van der Waals surface area contributed by atoms with Crippen LogP contribution >= 0.6 is 0 Å². The van der Waals surface area contributed by atoms with Crippen LogP contribution in [0.5, 0.6) is 5.75 Å². The van der Waals surface area contributed by atoms with Crippen molar-refractivity contribution in [2.45, 2.75) is 39.2 Å². The summed E-state index contributed by atoms with van der Waals surface area (Å²) in [7, 11) is 0.00201. The molecule has 1 unspecified atom stereocenters. The van der Waals surface area contributed by atoms with E-state index in [1.54, 1.807) is 7.11 Å². The number of nitrogens with zero attached hydrogens (tertiary/aromatic N) is 4. The van der Waals surface area contributed by atoms with Gasteiger partial charge in [-0.15, -0.1) is 5.54 Å². The van der Waals surface area contributed by atoms with Crippen LogP contribution in [0.15, 0.2) is 30.3 Å². The summed E-state index contributed by atoms with van der Waals surface area (Å²) in [6, 6.07) is 9.86. The Morgan fingerprint density at radius 2 is 2.00 bits per heavy atom. The third-order valence-corrected chi connectivity index (χ3v) is 6.35. The Hall–Kier alpha value is -2.99. The number of aliphatic hydroxyl groups is 1. The van der Waals surface area contributed by atoms with E-state index < -0.39 is 8.07 Å². The lowest BCUT2D eigenvalue weighted by molar-refractivity contribution is 0.0987. The van der Waals surface area contributed by atoms with Gasteiger partial charge in [-0.1, -0.05) is 19.6 Å². The van der Waals surface area contributed by atoms with Crippen LogP contribution in [0.3, 0.4) is 0 Å². The molecule has 0 amide bonds. The first kappa shape index (κ1) is 23.2. The number of ether oxygens (including phenoxy) is 2. The van der Waals surface area contributed by atoms with Gasteiger partial charge in [0.05, 0.1) is 44.1 Å². The van der Waals surface area contributed by atoms with Crippen molar-refractivity contribution in [2.24, 2.45) is 0 Å². The molecule has 1 saturated heterocycles. The van der Waals surface area contributed by atoms with Gasteiger partial charge in [0, 0.05) is 17.7 Å². The summed E-state index contributed by atoms with van der Waals surface area (Å²) < 4.78 is 11.0. The van der Waals surface area contributed by atoms with Gasteiger partial charge >= 0.3 is 0 Å². The topological polar surface area (TPSA) is 80.6 Å². The van der Waals surface area contributed by atoms with E-state index in [9.17, 15) is 5.11 Å². The normalized spacial score (nSPS) is 16.4. The molecule has 0 aliphatic carbocycles. The summed E-state index contributed by atoms with van der Waals surface area (Å²) in [6.07, 6.45) is 0. The molecule has 8 heteroatoms. The van der Waals surface area contributed by atoms with E-state index in [4.69, 9.17) is 24.4 Å². The van der Waals surface area contributed by atoms with E-state index >= 15 is 0 Å². The zero-order chi connectivity index (χ0) is 23.6. The molecule has 1 aliphatic heterocycles. The van der Waals surface area contributed by atoms with Crippen molar-refractivity contribution < 1.29 is 14.6 Å². The van der Waals surface area contributed by atoms with Gasteiger partial charge in [0.15, 0.2) is 5.65 Å². The Labute approximate surface area is 195 Å². The van der Waals surface area contributed by atoms with Crippen molar-refractivity contribution in [1.82, 2.24) is 15.0 Å². The average molecular weight is 463 g/mol. The molecule has 0 bridgehead atoms. The van der Waals surface area contributed by atoms with Gasteiger partial charge in [-0.05, 0) is 43.2 Å². The van der Waals surface area contributed by atoms with E-state index in [0.717, 1.165) is 29.0 Å². The second-order valence-electron chi connectivity index (χ2n) is 9.24. The quantitative estimate of drug-likeness (QED) is 0.468. The van der Waals surface area contributed by atoms with Crippen LogP contribution in [0.2, 0.25) is 19.6 Å². The first-order chi connectivity index (χ1) is 15.8. The van der Waals surface area contributed by atoms with Crippen molar-refractivity contribution in [3.8, 4) is 28.5 Å². The minimum Gasteiger partial charge on any atom is -0.496 e. The highest BCUT2D eigenvalue weighted by molar-refractivity contribution is 6.83. The molecule has 0 saturated carbocycles. The number of aromatic nitrogens is 3. The van der Waals surface area contributed by atoms with Crippen molar-refractivity contribution >= 4 is 24.9 Å². The van der Waals surface area contributed by atoms with Crippen LogP contribution in [0.1, 0.15) is 18.3 Å². The van der Waals surface area contributed by atoms with Gasteiger partial charge in [0.2, 0.25) is 5.82 Å². The van der Waals surface area contributed by atoms with Crippen LogP contribution in [-0.2, 0) is 11.3 Å². The summed E-state index contributed by atoms with van der Waals surface area (Å²) in [4.78, 5) is 16.7. The summed E-state index contributed by atoms with van der Waals surface area (Å²) in [5.74, 6) is 5.20. The Morgan fingerprint density at radius 3 is 2.70 bits per heavy atom. The number of methoxy groups -OCH3 is 1. The van der Waals surface area contributed by atoms with Gasteiger partial charge in [-0.3, -0.25) is 0 Å². The average Bonchev–Trinajstić information content (AvgIpc) is 2.81. The molecule has 0 radical (unpaired) electrons. The number of hydrogen-bond acceptors (Lipinski definition) is 7. The number of benzene rings is 1. The lowest BCUT2D eigenvalue weighted by Gasteiger charge is -2.34. The molecule has 0 spiro atoms. The predicted octanol–water partition coefficient (Wildman–Crippen LogP) is 3.65. The molecule has 33 heavy (non-hydrogen) atoms. The van der Waals surface area contributed by atoms with Crippen LogP contribution in [0, 0.1) is 11.5 Å². The number of anilines is 1. The van der Waals surface area contributed by atoms with Crippen LogP contribution in [-0.4, -0.2) is 61.0 Å². The van der Waals surface area contributed by atoms with E-state index in [1.165, 1.54) is 0 Å². The molecule has 172 valence electrons. The van der Waals surface area contributed by atoms with Crippen molar-refractivity contribution in [3.63, 3.8) is 0 Å². The highest BCUT2D eigenvalue weighted by Crippen LogP contribution is 2.30. The maximum Gasteiger partial charge on any atom is 0.208 e. The third kappa shape index (κ3) is 5.16. The molecule has 1 aromatic carbocycles. The summed E-state index contributed by atoms with van der Waals surface area (Å²) in [6.45, 7) is 10.7. The first-order valence-corrected chi connectivity index (χ1v) is 14.6. The lowest BCUT2D eigenvalue weighted by atomic mass is 10.1. The van der Waals surface area contributed by atoms with Crippen molar-refractivity contribution in [3.05, 3.63) is 41.7 Å². The van der Waals surface area contributed by atoms with Crippen LogP contribution in [0.25, 0.3) is 22.3 Å². The molecule has 4 rings (SSSR count). The Morgan fingerprint density at radius 1 is 1.18 bits per heavy atom. The largest absolute Gasteiger partial charge is 0.496 e. The summed E-state index contributed by atoms with van der Waals surface area (Å²) >= 11 is 0. The Bertz CT molecular complexity index is 1230. The molecule has 1 fully saturated rings. The van der Waals surface area contributed by atoms with Crippen molar-refractivity contribution in [2.75, 3.05) is 31.8 Å². The smallest absolute Gasteiger partial charge is 0.208 e. The number of morpholine rings is 1. The summed E-state index contributed by atoms with van der Waals surface area (Å²) in [5.41, 5.74) is 6.34. The highest BCUT2D eigenvalue weighted by Gasteiger charge is 2.24. The van der Waals surface area contributed by atoms with Gasteiger partial charge in [-0.25, -0.2) is 15.0 Å². The van der Waals surface area contributed by atoms with Gasteiger partial charge < -0.3 is 19.5 Å². The van der Waals surface area contributed by atoms with Crippen LogP contribution < -0.4 is 9.64 Å². The lowest BCUT2D eigenvalue weighted by Crippen LogP contribution is -2.44. The van der Waals surface area contributed by atoms with E-state index in [1.807, 2.05) is 30.3 Å². The molecule has 2 aromatic heterocycles. The number of pyridine rings is 1. The zero-order valence-electron chi connectivity index (χ0n) is 19.8. The molecule has 1 N–H and O–H groups in total. The van der Waals surface area contributed by atoms with E-state index in [-0.39, 0.29) is 12.6 Å². The van der Waals surface area contributed by atoms with E-state index in [0.29, 0.717) is 36.0 Å². The van der Waals surface area contributed by atoms with Crippen LogP contribution in [0.4, 0.5) is 5.82 Å². The predicted molar refractivity (Wildman–Crippen MR) is 133 cm³/mol. The maximum atomic E-state index is 9.71. The molecular weight excluding hydrogens is 432 g/mol. The van der Waals surface area contributed by atoms with E-state index in [2.05, 4.69) is 42.9 Å². The second kappa shape index (κ2) is 9.47. The Kier molecular flexibility index (Phi) is 6.65. The fourth-order valence-corrected chi connectivity index (χ4v) is 4.26. The first-order valence-electron chi connectivity index (χ1n) is 11.1.